The Kier molecular flexibility index (Phi) is 4.36. The third-order valence-corrected chi connectivity index (χ3v) is 3.55. The lowest BCUT2D eigenvalue weighted by atomic mass is 9.99. The molecule has 1 aliphatic heterocycles. The van der Waals surface area contributed by atoms with Crippen molar-refractivity contribution >= 4 is 11.6 Å². The van der Waals surface area contributed by atoms with Crippen LogP contribution < -0.4 is 10.6 Å². The van der Waals surface area contributed by atoms with Crippen molar-refractivity contribution in [1.82, 2.24) is 14.9 Å². The van der Waals surface area contributed by atoms with Crippen LogP contribution in [0.4, 0.5) is 11.6 Å². The molecule has 1 aromatic heterocycles. The molecule has 1 aromatic rings. The molecule has 0 bridgehead atoms. The van der Waals surface area contributed by atoms with Gasteiger partial charge in [-0.25, -0.2) is 4.98 Å². The van der Waals surface area contributed by atoms with Crippen LogP contribution in [0.15, 0.2) is 12.4 Å². The molecular formula is C13H23N5. The molecule has 0 radical (unpaired) electrons. The second kappa shape index (κ2) is 6.00. The molecule has 2 unspecified atom stereocenters. The summed E-state index contributed by atoms with van der Waals surface area (Å²) in [6.07, 6.45) is 5.87. The van der Waals surface area contributed by atoms with E-state index in [1.165, 1.54) is 0 Å². The van der Waals surface area contributed by atoms with E-state index in [0.29, 0.717) is 12.1 Å². The largest absolute Gasteiger partial charge is 0.369 e. The van der Waals surface area contributed by atoms with E-state index >= 15 is 0 Å². The van der Waals surface area contributed by atoms with Crippen LogP contribution in [-0.4, -0.2) is 47.1 Å². The third-order valence-electron chi connectivity index (χ3n) is 3.55. The highest BCUT2D eigenvalue weighted by Gasteiger charge is 2.22. The number of piperidine rings is 1. The molecule has 0 amide bonds. The molecule has 18 heavy (non-hydrogen) atoms. The Bertz CT molecular complexity index is 381. The Balaban J connectivity index is 1.94. The Morgan fingerprint density at radius 2 is 2.17 bits per heavy atom. The number of nitrogens with one attached hydrogen (secondary N) is 2. The molecule has 100 valence electrons. The van der Waals surface area contributed by atoms with E-state index in [1.807, 2.05) is 0 Å². The number of hydrogen-bond donors (Lipinski definition) is 2. The van der Waals surface area contributed by atoms with E-state index < -0.39 is 0 Å². The summed E-state index contributed by atoms with van der Waals surface area (Å²) < 4.78 is 0. The van der Waals surface area contributed by atoms with Gasteiger partial charge in [-0.2, -0.15) is 0 Å². The second-order valence-electron chi connectivity index (χ2n) is 5.02. The number of rotatable bonds is 4. The van der Waals surface area contributed by atoms with Crippen molar-refractivity contribution in [3.8, 4) is 0 Å². The van der Waals surface area contributed by atoms with E-state index in [9.17, 15) is 0 Å². The van der Waals surface area contributed by atoms with Gasteiger partial charge in [0.1, 0.15) is 11.6 Å². The van der Waals surface area contributed by atoms with Gasteiger partial charge in [0.25, 0.3) is 0 Å². The Morgan fingerprint density at radius 3 is 2.89 bits per heavy atom. The quantitative estimate of drug-likeness (QED) is 0.852. The van der Waals surface area contributed by atoms with E-state index in [2.05, 4.69) is 46.4 Å². The summed E-state index contributed by atoms with van der Waals surface area (Å²) in [5, 5.41) is 6.67. The van der Waals surface area contributed by atoms with Crippen LogP contribution in [0.25, 0.3) is 0 Å². The summed E-state index contributed by atoms with van der Waals surface area (Å²) in [6, 6.07) is 1.13. The molecule has 1 fully saturated rings. The molecule has 2 N–H and O–H groups in total. The molecule has 2 rings (SSSR count). The average molecular weight is 249 g/mol. The minimum absolute atomic E-state index is 0.502. The zero-order valence-electron chi connectivity index (χ0n) is 11.5. The lowest BCUT2D eigenvalue weighted by Gasteiger charge is -2.35. The first kappa shape index (κ1) is 13.1. The van der Waals surface area contributed by atoms with Gasteiger partial charge in [-0.1, -0.05) is 0 Å². The van der Waals surface area contributed by atoms with Crippen LogP contribution >= 0.6 is 0 Å². The lowest BCUT2D eigenvalue weighted by Crippen LogP contribution is -2.42. The van der Waals surface area contributed by atoms with Crippen LogP contribution in [0.5, 0.6) is 0 Å². The SMILES string of the molecule is CCNc1cncc(NC2CCN(C)C(C)C2)n1. The maximum Gasteiger partial charge on any atom is 0.147 e. The normalized spacial score (nSPS) is 24.8. The van der Waals surface area contributed by atoms with Crippen molar-refractivity contribution in [2.24, 2.45) is 0 Å². The van der Waals surface area contributed by atoms with Gasteiger partial charge in [-0.3, -0.25) is 4.98 Å². The summed E-state index contributed by atoms with van der Waals surface area (Å²) in [5.74, 6) is 1.71. The molecule has 0 aliphatic carbocycles. The van der Waals surface area contributed by atoms with Crippen molar-refractivity contribution in [2.45, 2.75) is 38.8 Å². The van der Waals surface area contributed by atoms with Crippen molar-refractivity contribution in [1.29, 1.82) is 0 Å². The molecule has 0 aromatic carbocycles. The summed E-state index contributed by atoms with van der Waals surface area (Å²) in [5.41, 5.74) is 0. The molecule has 0 spiro atoms. The Hall–Kier alpha value is -1.36. The van der Waals surface area contributed by atoms with Gasteiger partial charge in [0, 0.05) is 25.2 Å². The molecule has 0 saturated carbocycles. The molecular weight excluding hydrogens is 226 g/mol. The highest BCUT2D eigenvalue weighted by molar-refractivity contribution is 5.42. The first-order valence-corrected chi connectivity index (χ1v) is 6.71. The van der Waals surface area contributed by atoms with E-state index in [-0.39, 0.29) is 0 Å². The highest BCUT2D eigenvalue weighted by Crippen LogP contribution is 2.19. The smallest absolute Gasteiger partial charge is 0.147 e. The fourth-order valence-electron chi connectivity index (χ4n) is 2.33. The first-order chi connectivity index (χ1) is 8.69. The molecule has 2 atom stereocenters. The summed E-state index contributed by atoms with van der Waals surface area (Å²) in [7, 11) is 2.19. The molecule has 1 aliphatic rings. The summed E-state index contributed by atoms with van der Waals surface area (Å²) in [4.78, 5) is 11.1. The average Bonchev–Trinajstić information content (AvgIpc) is 2.35. The monoisotopic (exact) mass is 249 g/mol. The Labute approximate surface area is 109 Å². The van der Waals surface area contributed by atoms with E-state index in [0.717, 1.165) is 37.6 Å². The van der Waals surface area contributed by atoms with E-state index in [1.54, 1.807) is 12.4 Å². The topological polar surface area (TPSA) is 53.1 Å². The number of hydrogen-bond acceptors (Lipinski definition) is 5. The summed E-state index contributed by atoms with van der Waals surface area (Å²) >= 11 is 0. The van der Waals surface area contributed by atoms with Gasteiger partial charge in [-0.05, 0) is 33.7 Å². The van der Waals surface area contributed by atoms with Crippen LogP contribution in [0.2, 0.25) is 0 Å². The minimum atomic E-state index is 0.502. The predicted molar refractivity (Wildman–Crippen MR) is 74.9 cm³/mol. The van der Waals surface area contributed by atoms with Gasteiger partial charge in [0.2, 0.25) is 0 Å². The predicted octanol–water partition coefficient (Wildman–Crippen LogP) is 1.80. The number of likely N-dealkylation sites (tertiary alicyclic amines) is 1. The first-order valence-electron chi connectivity index (χ1n) is 6.71. The van der Waals surface area contributed by atoms with Gasteiger partial charge in [-0.15, -0.1) is 0 Å². The lowest BCUT2D eigenvalue weighted by molar-refractivity contribution is 0.190. The molecule has 2 heterocycles. The number of aromatic nitrogens is 2. The molecule has 5 nitrogen and oxygen atoms in total. The standard InChI is InChI=1S/C13H23N5/c1-4-15-12-8-14-9-13(17-12)16-11-5-6-18(3)10(2)7-11/h8-11H,4-7H2,1-3H3,(H2,15,16,17). The van der Waals surface area contributed by atoms with Gasteiger partial charge in [0.15, 0.2) is 0 Å². The Morgan fingerprint density at radius 1 is 1.39 bits per heavy atom. The van der Waals surface area contributed by atoms with Gasteiger partial charge < -0.3 is 15.5 Å². The van der Waals surface area contributed by atoms with Crippen LogP contribution in [0.1, 0.15) is 26.7 Å². The van der Waals surface area contributed by atoms with Crippen LogP contribution in [-0.2, 0) is 0 Å². The van der Waals surface area contributed by atoms with Crippen molar-refractivity contribution in [3.05, 3.63) is 12.4 Å². The van der Waals surface area contributed by atoms with Crippen LogP contribution in [0, 0.1) is 0 Å². The zero-order chi connectivity index (χ0) is 13.0. The fourth-order valence-corrected chi connectivity index (χ4v) is 2.33. The molecule has 1 saturated heterocycles. The number of nitrogens with zero attached hydrogens (tertiary/aromatic N) is 3. The van der Waals surface area contributed by atoms with Crippen molar-refractivity contribution in [3.63, 3.8) is 0 Å². The summed E-state index contributed by atoms with van der Waals surface area (Å²) in [6.45, 7) is 6.33. The zero-order valence-corrected chi connectivity index (χ0v) is 11.5. The maximum absolute atomic E-state index is 4.50. The number of anilines is 2. The third kappa shape index (κ3) is 3.32. The van der Waals surface area contributed by atoms with Gasteiger partial charge in [0.05, 0.1) is 12.4 Å². The van der Waals surface area contributed by atoms with Crippen molar-refractivity contribution in [2.75, 3.05) is 30.8 Å². The van der Waals surface area contributed by atoms with Crippen LogP contribution in [0.3, 0.4) is 0 Å². The fraction of sp³-hybridized carbons (Fsp3) is 0.692. The maximum atomic E-state index is 4.50. The van der Waals surface area contributed by atoms with E-state index in [4.69, 9.17) is 0 Å². The van der Waals surface area contributed by atoms with Crippen molar-refractivity contribution < 1.29 is 0 Å². The molecule has 5 heteroatoms. The van der Waals surface area contributed by atoms with Gasteiger partial charge >= 0.3 is 0 Å². The minimum Gasteiger partial charge on any atom is -0.369 e. The highest BCUT2D eigenvalue weighted by atomic mass is 15.2. The second-order valence-corrected chi connectivity index (χ2v) is 5.02.